The molecule has 0 unspecified atom stereocenters. The van der Waals surface area contributed by atoms with Gasteiger partial charge in [0.2, 0.25) is 6.79 Å². The van der Waals surface area contributed by atoms with E-state index in [4.69, 9.17) is 21.1 Å². The summed E-state index contributed by atoms with van der Waals surface area (Å²) in [7, 11) is 0. The molecule has 0 aromatic heterocycles. The average molecular weight is 283 g/mol. The summed E-state index contributed by atoms with van der Waals surface area (Å²) in [4.78, 5) is 2.47. The second-order valence-corrected chi connectivity index (χ2v) is 5.44. The lowest BCUT2D eigenvalue weighted by Gasteiger charge is -2.27. The molecule has 1 aromatic rings. The summed E-state index contributed by atoms with van der Waals surface area (Å²) in [6, 6.07) is 2.03. The zero-order valence-electron chi connectivity index (χ0n) is 11.2. The zero-order valence-corrected chi connectivity index (χ0v) is 11.9. The number of nitrogens with one attached hydrogen (secondary N) is 1. The number of benzene rings is 1. The van der Waals surface area contributed by atoms with E-state index < -0.39 is 0 Å². The van der Waals surface area contributed by atoms with Gasteiger partial charge in [-0.2, -0.15) is 0 Å². The molecule has 104 valence electrons. The number of halogens is 1. The van der Waals surface area contributed by atoms with E-state index in [1.807, 2.05) is 6.07 Å². The summed E-state index contributed by atoms with van der Waals surface area (Å²) in [6.07, 6.45) is 0.960. The van der Waals surface area contributed by atoms with Crippen LogP contribution in [0.15, 0.2) is 6.07 Å². The molecule has 2 aliphatic heterocycles. The fourth-order valence-electron chi connectivity index (χ4n) is 2.67. The van der Waals surface area contributed by atoms with Crippen LogP contribution >= 0.6 is 11.6 Å². The van der Waals surface area contributed by atoms with Crippen molar-refractivity contribution in [1.29, 1.82) is 0 Å². The molecular weight excluding hydrogens is 264 g/mol. The largest absolute Gasteiger partial charge is 0.454 e. The van der Waals surface area contributed by atoms with Gasteiger partial charge in [0.1, 0.15) is 0 Å². The smallest absolute Gasteiger partial charge is 0.231 e. The van der Waals surface area contributed by atoms with Crippen LogP contribution in [0.5, 0.6) is 11.5 Å². The van der Waals surface area contributed by atoms with E-state index in [0.29, 0.717) is 5.75 Å². The lowest BCUT2D eigenvalue weighted by atomic mass is 10.0. The second-order valence-electron chi connectivity index (χ2n) is 5.06. The summed E-state index contributed by atoms with van der Waals surface area (Å²) in [5, 5.41) is 4.09. The van der Waals surface area contributed by atoms with Gasteiger partial charge in [0.15, 0.2) is 11.5 Å². The third kappa shape index (κ3) is 2.66. The average Bonchev–Trinajstić information content (AvgIpc) is 2.88. The van der Waals surface area contributed by atoms with E-state index in [2.05, 4.69) is 17.1 Å². The van der Waals surface area contributed by atoms with Crippen LogP contribution in [-0.2, 0) is 6.42 Å². The van der Waals surface area contributed by atoms with Crippen LogP contribution in [0.1, 0.15) is 11.1 Å². The van der Waals surface area contributed by atoms with Gasteiger partial charge in [0.25, 0.3) is 0 Å². The van der Waals surface area contributed by atoms with Gasteiger partial charge in [-0.25, -0.2) is 0 Å². The van der Waals surface area contributed by atoms with Crippen LogP contribution in [0.4, 0.5) is 0 Å². The summed E-state index contributed by atoms with van der Waals surface area (Å²) in [5.74, 6) is 1.48. The molecule has 1 fully saturated rings. The molecule has 0 bridgehead atoms. The topological polar surface area (TPSA) is 33.7 Å². The van der Waals surface area contributed by atoms with Gasteiger partial charge in [-0.05, 0) is 30.5 Å². The molecule has 0 saturated carbocycles. The van der Waals surface area contributed by atoms with E-state index in [1.165, 1.54) is 11.1 Å². The molecule has 0 spiro atoms. The van der Waals surface area contributed by atoms with E-state index in [1.54, 1.807) is 0 Å². The Morgan fingerprint density at radius 1 is 1.32 bits per heavy atom. The highest BCUT2D eigenvalue weighted by Crippen LogP contribution is 2.42. The molecule has 2 aliphatic rings. The molecule has 1 aromatic carbocycles. The fourth-order valence-corrected chi connectivity index (χ4v) is 3.06. The minimum absolute atomic E-state index is 0.274. The molecule has 0 amide bonds. The van der Waals surface area contributed by atoms with Gasteiger partial charge in [-0.3, -0.25) is 0 Å². The van der Waals surface area contributed by atoms with E-state index in [0.717, 1.165) is 49.9 Å². The molecule has 3 rings (SSSR count). The van der Waals surface area contributed by atoms with Crippen molar-refractivity contribution in [2.45, 2.75) is 13.3 Å². The van der Waals surface area contributed by atoms with Gasteiger partial charge in [0, 0.05) is 32.7 Å². The van der Waals surface area contributed by atoms with E-state index >= 15 is 0 Å². The number of fused-ring (bicyclic) bond motifs is 1. The summed E-state index contributed by atoms with van der Waals surface area (Å²) in [6.45, 7) is 7.78. The van der Waals surface area contributed by atoms with Crippen molar-refractivity contribution in [3.05, 3.63) is 22.2 Å². The zero-order chi connectivity index (χ0) is 13.2. The molecule has 19 heavy (non-hydrogen) atoms. The van der Waals surface area contributed by atoms with Gasteiger partial charge >= 0.3 is 0 Å². The Morgan fingerprint density at radius 3 is 2.89 bits per heavy atom. The van der Waals surface area contributed by atoms with E-state index in [9.17, 15) is 0 Å². The van der Waals surface area contributed by atoms with Crippen LogP contribution in [0, 0.1) is 6.92 Å². The second kappa shape index (κ2) is 5.57. The van der Waals surface area contributed by atoms with Crippen molar-refractivity contribution < 1.29 is 9.47 Å². The SMILES string of the molecule is Cc1cc2c(c(Cl)c1CCN1CCNCC1)OCO2. The van der Waals surface area contributed by atoms with Crippen LogP contribution in [0.25, 0.3) is 0 Å². The third-order valence-electron chi connectivity index (χ3n) is 3.82. The number of hydrogen-bond donors (Lipinski definition) is 1. The highest BCUT2D eigenvalue weighted by atomic mass is 35.5. The standard InChI is InChI=1S/C14H19ClN2O2/c1-10-8-12-14(19-9-18-12)13(15)11(10)2-5-17-6-3-16-4-7-17/h8,16H,2-7,9H2,1H3. The van der Waals surface area contributed by atoms with Crippen molar-refractivity contribution in [3.8, 4) is 11.5 Å². The highest BCUT2D eigenvalue weighted by Gasteiger charge is 2.22. The Bertz CT molecular complexity index is 473. The molecule has 0 aliphatic carbocycles. The fraction of sp³-hybridized carbons (Fsp3) is 0.571. The van der Waals surface area contributed by atoms with Gasteiger partial charge in [-0.1, -0.05) is 11.6 Å². The van der Waals surface area contributed by atoms with Crippen molar-refractivity contribution in [3.63, 3.8) is 0 Å². The maximum absolute atomic E-state index is 6.44. The number of aryl methyl sites for hydroxylation is 1. The molecule has 5 heteroatoms. The number of piperazine rings is 1. The van der Waals surface area contributed by atoms with Crippen molar-refractivity contribution in [2.75, 3.05) is 39.5 Å². The molecule has 0 radical (unpaired) electrons. The Hall–Kier alpha value is -0.970. The lowest BCUT2D eigenvalue weighted by molar-refractivity contribution is 0.174. The molecular formula is C14H19ClN2O2. The van der Waals surface area contributed by atoms with Crippen LogP contribution in [0.2, 0.25) is 5.02 Å². The maximum Gasteiger partial charge on any atom is 0.231 e. The van der Waals surface area contributed by atoms with Gasteiger partial charge in [-0.15, -0.1) is 0 Å². The number of nitrogens with zero attached hydrogens (tertiary/aromatic N) is 1. The summed E-state index contributed by atoms with van der Waals surface area (Å²) < 4.78 is 10.8. The van der Waals surface area contributed by atoms with Crippen molar-refractivity contribution >= 4 is 11.6 Å². The molecule has 1 N–H and O–H groups in total. The number of ether oxygens (including phenoxy) is 2. The first-order valence-corrected chi connectivity index (χ1v) is 7.14. The Labute approximate surface area is 118 Å². The monoisotopic (exact) mass is 282 g/mol. The Kier molecular flexibility index (Phi) is 3.82. The number of rotatable bonds is 3. The lowest BCUT2D eigenvalue weighted by Crippen LogP contribution is -2.44. The molecule has 1 saturated heterocycles. The summed E-state index contributed by atoms with van der Waals surface area (Å²) >= 11 is 6.44. The maximum atomic E-state index is 6.44. The molecule has 2 heterocycles. The summed E-state index contributed by atoms with van der Waals surface area (Å²) in [5.41, 5.74) is 2.37. The van der Waals surface area contributed by atoms with Crippen LogP contribution in [0.3, 0.4) is 0 Å². The Balaban J connectivity index is 1.73. The normalized spacial score (nSPS) is 18.8. The van der Waals surface area contributed by atoms with Crippen molar-refractivity contribution in [1.82, 2.24) is 10.2 Å². The highest BCUT2D eigenvalue weighted by molar-refractivity contribution is 6.33. The Morgan fingerprint density at radius 2 is 2.11 bits per heavy atom. The first kappa shape index (κ1) is 13.0. The van der Waals surface area contributed by atoms with Gasteiger partial charge in [0.05, 0.1) is 5.02 Å². The van der Waals surface area contributed by atoms with Gasteiger partial charge < -0.3 is 19.7 Å². The third-order valence-corrected chi connectivity index (χ3v) is 4.22. The quantitative estimate of drug-likeness (QED) is 0.917. The molecule has 4 nitrogen and oxygen atoms in total. The number of hydrogen-bond acceptors (Lipinski definition) is 4. The first-order chi connectivity index (χ1) is 9.25. The van der Waals surface area contributed by atoms with Crippen molar-refractivity contribution in [2.24, 2.45) is 0 Å². The van der Waals surface area contributed by atoms with Crippen LogP contribution in [-0.4, -0.2) is 44.4 Å². The first-order valence-electron chi connectivity index (χ1n) is 6.76. The predicted octanol–water partition coefficient (Wildman–Crippen LogP) is 1.82. The predicted molar refractivity (Wildman–Crippen MR) is 75.3 cm³/mol. The molecule has 0 atom stereocenters. The van der Waals surface area contributed by atoms with E-state index in [-0.39, 0.29) is 6.79 Å². The minimum Gasteiger partial charge on any atom is -0.454 e. The van der Waals surface area contributed by atoms with Crippen LogP contribution < -0.4 is 14.8 Å². The minimum atomic E-state index is 0.274.